The highest BCUT2D eigenvalue weighted by atomic mass is 16.4. The Kier molecular flexibility index (Phi) is 28.6. The third kappa shape index (κ3) is 106. The van der Waals surface area contributed by atoms with Gasteiger partial charge in [-0.2, -0.15) is 0 Å². The number of hydrogen-bond acceptors (Lipinski definition) is 4. The Morgan fingerprint density at radius 2 is 1.00 bits per heavy atom. The van der Waals surface area contributed by atoms with Crippen molar-refractivity contribution in [3.05, 3.63) is 38.0 Å². The zero-order chi connectivity index (χ0) is 17.1. The van der Waals surface area contributed by atoms with Crippen LogP contribution in [0.25, 0.3) is 0 Å². The zero-order valence-corrected chi connectivity index (χ0v) is 11.7. The van der Waals surface area contributed by atoms with Gasteiger partial charge < -0.3 is 20.4 Å². The molecule has 0 saturated carbocycles. The predicted octanol–water partition coefficient (Wildman–Crippen LogP) is 1.55. The van der Waals surface area contributed by atoms with Crippen molar-refractivity contribution in [2.24, 2.45) is 0 Å². The molecule has 4 N–H and O–H groups in total. The number of carbonyl (C=O) groups is 3. The maximum Gasteiger partial charge on any atom is 0.327 e. The maximum atomic E-state index is 9.25. The zero-order valence-electron chi connectivity index (χ0n) is 11.7. The standard InChI is InChI=1S/C4H10O.3C3H4O2/c1-3-4(2)5;3*1-2-3(4)5/h4-5H,3H2,1-2H3;3*2H,1H2,(H,4,5). The Balaban J connectivity index is -0.0000000853. The molecule has 0 aliphatic heterocycles. The molecule has 0 aromatic rings. The van der Waals surface area contributed by atoms with Gasteiger partial charge in [-0.15, -0.1) is 0 Å². The van der Waals surface area contributed by atoms with Gasteiger partial charge in [-0.25, -0.2) is 14.4 Å². The number of carboxylic acid groups (broad SMARTS) is 3. The molecule has 1 atom stereocenters. The molecule has 20 heavy (non-hydrogen) atoms. The van der Waals surface area contributed by atoms with E-state index in [4.69, 9.17) is 20.4 Å². The van der Waals surface area contributed by atoms with Crippen molar-refractivity contribution in [3.8, 4) is 0 Å². The Labute approximate surface area is 118 Å². The summed E-state index contributed by atoms with van der Waals surface area (Å²) in [4.78, 5) is 27.8. The molecule has 0 aromatic heterocycles. The summed E-state index contributed by atoms with van der Waals surface area (Å²) < 4.78 is 0. The molecule has 0 spiro atoms. The minimum atomic E-state index is -0.981. The molecule has 0 aliphatic rings. The van der Waals surface area contributed by atoms with Crippen molar-refractivity contribution < 1.29 is 34.8 Å². The van der Waals surface area contributed by atoms with Gasteiger partial charge in [0.25, 0.3) is 0 Å². The number of aliphatic carboxylic acids is 3. The van der Waals surface area contributed by atoms with Crippen LogP contribution in [-0.2, 0) is 14.4 Å². The van der Waals surface area contributed by atoms with E-state index in [1.54, 1.807) is 6.92 Å². The van der Waals surface area contributed by atoms with Crippen molar-refractivity contribution in [1.82, 2.24) is 0 Å². The molecule has 0 heterocycles. The van der Waals surface area contributed by atoms with Crippen LogP contribution < -0.4 is 0 Å². The van der Waals surface area contributed by atoms with Gasteiger partial charge in [0.15, 0.2) is 0 Å². The summed E-state index contributed by atoms with van der Waals surface area (Å²) in [6, 6.07) is 0. The van der Waals surface area contributed by atoms with Crippen LogP contribution in [0.2, 0.25) is 0 Å². The number of hydrogen-bond donors (Lipinski definition) is 4. The van der Waals surface area contributed by atoms with Gasteiger partial charge in [-0.05, 0) is 13.3 Å². The van der Waals surface area contributed by atoms with E-state index in [9.17, 15) is 14.4 Å². The van der Waals surface area contributed by atoms with E-state index in [1.165, 1.54) is 0 Å². The molecule has 0 radical (unpaired) electrons. The van der Waals surface area contributed by atoms with Crippen molar-refractivity contribution >= 4 is 17.9 Å². The Bertz CT molecular complexity index is 263. The molecule has 0 fully saturated rings. The first kappa shape index (κ1) is 26.2. The van der Waals surface area contributed by atoms with Crippen LogP contribution in [0, 0.1) is 0 Å². The summed E-state index contributed by atoms with van der Waals surface area (Å²) in [7, 11) is 0. The SMILES string of the molecule is C=CC(=O)O.C=CC(=O)O.C=CC(=O)O.CCC(C)O. The van der Waals surface area contributed by atoms with Crippen LogP contribution in [0.1, 0.15) is 20.3 Å². The average Bonchev–Trinajstić information content (AvgIpc) is 2.40. The van der Waals surface area contributed by atoms with E-state index < -0.39 is 17.9 Å². The van der Waals surface area contributed by atoms with E-state index in [2.05, 4.69) is 19.7 Å². The summed E-state index contributed by atoms with van der Waals surface area (Å²) in [5, 5.41) is 31.2. The lowest BCUT2D eigenvalue weighted by Crippen LogP contribution is -1.93. The molecule has 116 valence electrons. The lowest BCUT2D eigenvalue weighted by Gasteiger charge is -1.90. The summed E-state index contributed by atoms with van der Waals surface area (Å²) in [5.74, 6) is -2.94. The largest absolute Gasteiger partial charge is 0.478 e. The van der Waals surface area contributed by atoms with Gasteiger partial charge in [0, 0.05) is 18.2 Å². The molecule has 1 unspecified atom stereocenters. The van der Waals surface area contributed by atoms with Crippen molar-refractivity contribution in [2.75, 3.05) is 0 Å². The fraction of sp³-hybridized carbons (Fsp3) is 0.308. The van der Waals surface area contributed by atoms with Crippen LogP contribution in [0.15, 0.2) is 38.0 Å². The smallest absolute Gasteiger partial charge is 0.327 e. The second-order valence-corrected chi connectivity index (χ2v) is 2.88. The van der Waals surface area contributed by atoms with Crippen LogP contribution in [0.3, 0.4) is 0 Å². The highest BCUT2D eigenvalue weighted by Gasteiger charge is 1.81. The van der Waals surface area contributed by atoms with E-state index in [0.717, 1.165) is 24.6 Å². The van der Waals surface area contributed by atoms with Crippen LogP contribution >= 0.6 is 0 Å². The Hall–Kier alpha value is -2.41. The van der Waals surface area contributed by atoms with Gasteiger partial charge in [-0.3, -0.25) is 0 Å². The molecule has 0 amide bonds. The first-order valence-electron chi connectivity index (χ1n) is 5.32. The van der Waals surface area contributed by atoms with Crippen LogP contribution in [0.5, 0.6) is 0 Å². The summed E-state index contributed by atoms with van der Waals surface area (Å²) >= 11 is 0. The maximum absolute atomic E-state index is 9.25. The Morgan fingerprint density at radius 3 is 1.00 bits per heavy atom. The fourth-order valence-corrected chi connectivity index (χ4v) is 0. The topological polar surface area (TPSA) is 132 Å². The van der Waals surface area contributed by atoms with Crippen molar-refractivity contribution in [3.63, 3.8) is 0 Å². The minimum absolute atomic E-state index is 0.116. The number of aliphatic hydroxyl groups is 1. The number of aliphatic hydroxyl groups excluding tert-OH is 1. The second kappa shape index (κ2) is 21.8. The normalized spacial score (nSPS) is 8.55. The van der Waals surface area contributed by atoms with Crippen LogP contribution in [-0.4, -0.2) is 44.4 Å². The first-order chi connectivity index (χ1) is 9.08. The average molecular weight is 290 g/mol. The highest BCUT2D eigenvalue weighted by Crippen LogP contribution is 1.81. The molecular weight excluding hydrogens is 268 g/mol. The van der Waals surface area contributed by atoms with Crippen molar-refractivity contribution in [2.45, 2.75) is 26.4 Å². The predicted molar refractivity (Wildman–Crippen MR) is 75.5 cm³/mol. The molecule has 0 bridgehead atoms. The van der Waals surface area contributed by atoms with Gasteiger partial charge in [0.2, 0.25) is 0 Å². The number of rotatable bonds is 4. The van der Waals surface area contributed by atoms with Gasteiger partial charge >= 0.3 is 17.9 Å². The summed E-state index contributed by atoms with van der Waals surface area (Å²) in [5.41, 5.74) is 0. The first-order valence-corrected chi connectivity index (χ1v) is 5.32. The third-order valence-corrected chi connectivity index (χ3v) is 1.11. The van der Waals surface area contributed by atoms with Gasteiger partial charge in [0.05, 0.1) is 6.10 Å². The minimum Gasteiger partial charge on any atom is -0.478 e. The third-order valence-electron chi connectivity index (χ3n) is 1.11. The summed E-state index contributed by atoms with van der Waals surface area (Å²) in [6.07, 6.45) is 3.25. The van der Waals surface area contributed by atoms with Gasteiger partial charge in [0.1, 0.15) is 0 Å². The molecule has 0 saturated heterocycles. The quantitative estimate of drug-likeness (QED) is 0.577. The second-order valence-electron chi connectivity index (χ2n) is 2.88. The molecule has 0 aromatic carbocycles. The molecule has 0 rings (SSSR count). The Morgan fingerprint density at radius 1 is 0.900 bits per heavy atom. The lowest BCUT2D eigenvalue weighted by molar-refractivity contribution is -0.132. The van der Waals surface area contributed by atoms with Crippen LogP contribution in [0.4, 0.5) is 0 Å². The van der Waals surface area contributed by atoms with E-state index >= 15 is 0 Å². The fourth-order valence-electron chi connectivity index (χ4n) is 0. The molecule has 0 aliphatic carbocycles. The molecule has 7 nitrogen and oxygen atoms in total. The summed E-state index contributed by atoms with van der Waals surface area (Å²) in [6.45, 7) is 12.6. The van der Waals surface area contributed by atoms with E-state index in [1.807, 2.05) is 6.92 Å². The number of carboxylic acids is 3. The molecular formula is C13H22O7. The molecule has 7 heteroatoms. The van der Waals surface area contributed by atoms with E-state index in [0.29, 0.717) is 0 Å². The van der Waals surface area contributed by atoms with E-state index in [-0.39, 0.29) is 6.10 Å². The van der Waals surface area contributed by atoms with Gasteiger partial charge in [-0.1, -0.05) is 26.7 Å². The van der Waals surface area contributed by atoms with Crippen molar-refractivity contribution in [1.29, 1.82) is 0 Å². The highest BCUT2D eigenvalue weighted by molar-refractivity contribution is 5.79. The lowest BCUT2D eigenvalue weighted by atomic mass is 10.3. The monoisotopic (exact) mass is 290 g/mol.